The van der Waals surface area contributed by atoms with Crippen molar-refractivity contribution >= 4 is 23.2 Å². The van der Waals surface area contributed by atoms with E-state index in [1.54, 1.807) is 0 Å². The van der Waals surface area contributed by atoms with Gasteiger partial charge in [0.2, 0.25) is 5.82 Å². The van der Waals surface area contributed by atoms with Crippen LogP contribution in [0.5, 0.6) is 11.5 Å². The molecule has 0 bridgehead atoms. The van der Waals surface area contributed by atoms with Gasteiger partial charge < -0.3 is 24.5 Å². The molecule has 3 rings (SSSR count). The maximum atomic E-state index is 12.2. The largest absolute Gasteiger partial charge is 0.493 e. The van der Waals surface area contributed by atoms with Crippen molar-refractivity contribution < 1.29 is 28.3 Å². The number of ether oxygens (including phenoxy) is 3. The fourth-order valence-corrected chi connectivity index (χ4v) is 2.72. The predicted molar refractivity (Wildman–Crippen MR) is 94.4 cm³/mol. The Balaban J connectivity index is 1.63. The summed E-state index contributed by atoms with van der Waals surface area (Å²) in [6.07, 6.45) is 0. The monoisotopic (exact) mass is 389 g/mol. The van der Waals surface area contributed by atoms with Gasteiger partial charge in [0.1, 0.15) is 0 Å². The summed E-state index contributed by atoms with van der Waals surface area (Å²) in [6, 6.07) is 6.25. The maximum Gasteiger partial charge on any atom is 0.338 e. The lowest BCUT2D eigenvalue weighted by molar-refractivity contribution is -0.119. The van der Waals surface area contributed by atoms with E-state index in [1.807, 2.05) is 16.8 Å². The Kier molecular flexibility index (Phi) is 5.67. The van der Waals surface area contributed by atoms with Crippen LogP contribution in [0.25, 0.3) is 11.5 Å². The number of carbonyl (C=O) groups is 2. The first-order chi connectivity index (χ1) is 13.1. The van der Waals surface area contributed by atoms with Crippen LogP contribution in [-0.4, -0.2) is 35.7 Å². The Morgan fingerprint density at radius 2 is 2.11 bits per heavy atom. The van der Waals surface area contributed by atoms with Gasteiger partial charge in [-0.3, -0.25) is 4.79 Å². The van der Waals surface area contributed by atoms with Gasteiger partial charge in [0.25, 0.3) is 11.8 Å². The van der Waals surface area contributed by atoms with Crippen LogP contribution in [0.15, 0.2) is 39.5 Å². The lowest BCUT2D eigenvalue weighted by Crippen LogP contribution is -2.20. The normalized spacial score (nSPS) is 10.4. The molecule has 0 spiro atoms. The standard InChI is InChI=1S/C17H15N3O6S/c1-23-13-6-10(2-3-12(13)24-7-14(18)21)17(22)25-8-15-19-16(26-20-15)11-4-5-27-9-11/h2-6,9H,7-8H2,1H3,(H2,18,21). The van der Waals surface area contributed by atoms with E-state index in [-0.39, 0.29) is 36.1 Å². The Hall–Kier alpha value is -3.40. The van der Waals surface area contributed by atoms with E-state index in [0.717, 1.165) is 5.56 Å². The minimum Gasteiger partial charge on any atom is -0.493 e. The summed E-state index contributed by atoms with van der Waals surface area (Å²) >= 11 is 1.51. The van der Waals surface area contributed by atoms with E-state index in [4.69, 9.17) is 24.5 Å². The number of nitrogens with zero attached hydrogens (tertiary/aromatic N) is 2. The van der Waals surface area contributed by atoms with Crippen LogP contribution in [-0.2, 0) is 16.1 Å². The molecule has 27 heavy (non-hydrogen) atoms. The van der Waals surface area contributed by atoms with E-state index in [1.165, 1.54) is 36.6 Å². The first-order valence-electron chi connectivity index (χ1n) is 7.68. The molecule has 0 saturated carbocycles. The van der Waals surface area contributed by atoms with E-state index in [0.29, 0.717) is 5.89 Å². The number of hydrogen-bond donors (Lipinski definition) is 1. The highest BCUT2D eigenvalue weighted by atomic mass is 32.1. The first-order valence-corrected chi connectivity index (χ1v) is 8.62. The van der Waals surface area contributed by atoms with Crippen LogP contribution in [0.4, 0.5) is 0 Å². The van der Waals surface area contributed by atoms with Gasteiger partial charge in [0, 0.05) is 5.38 Å². The maximum absolute atomic E-state index is 12.2. The third-order valence-corrected chi connectivity index (χ3v) is 4.02. The summed E-state index contributed by atoms with van der Waals surface area (Å²) in [5, 5.41) is 7.54. The number of primary amides is 1. The highest BCUT2D eigenvalue weighted by molar-refractivity contribution is 7.08. The third kappa shape index (κ3) is 4.61. The Morgan fingerprint density at radius 1 is 1.26 bits per heavy atom. The number of carbonyl (C=O) groups excluding carboxylic acids is 2. The fourth-order valence-electron chi connectivity index (χ4n) is 2.09. The molecule has 1 amide bonds. The summed E-state index contributed by atoms with van der Waals surface area (Å²) in [7, 11) is 1.41. The summed E-state index contributed by atoms with van der Waals surface area (Å²) in [6.45, 7) is -0.445. The fraction of sp³-hybridized carbons (Fsp3) is 0.176. The second-order valence-corrected chi connectivity index (χ2v) is 6.00. The molecule has 0 radical (unpaired) electrons. The molecule has 0 saturated heterocycles. The van der Waals surface area contributed by atoms with Crippen molar-refractivity contribution in [3.05, 3.63) is 46.4 Å². The van der Waals surface area contributed by atoms with Gasteiger partial charge in [-0.05, 0) is 29.6 Å². The number of benzene rings is 1. The molecular weight excluding hydrogens is 374 g/mol. The molecule has 0 aliphatic carbocycles. The van der Waals surface area contributed by atoms with Crippen LogP contribution < -0.4 is 15.2 Å². The van der Waals surface area contributed by atoms with Crippen molar-refractivity contribution in [1.29, 1.82) is 0 Å². The number of hydrogen-bond acceptors (Lipinski definition) is 9. The van der Waals surface area contributed by atoms with Gasteiger partial charge in [-0.2, -0.15) is 16.3 Å². The summed E-state index contributed by atoms with van der Waals surface area (Å²) < 4.78 is 20.7. The second kappa shape index (κ2) is 8.32. The van der Waals surface area contributed by atoms with E-state index < -0.39 is 11.9 Å². The summed E-state index contributed by atoms with van der Waals surface area (Å²) in [5.74, 6) is -0.0617. The molecule has 0 unspecified atom stereocenters. The van der Waals surface area contributed by atoms with Gasteiger partial charge >= 0.3 is 5.97 Å². The number of rotatable bonds is 8. The molecule has 0 fully saturated rings. The average Bonchev–Trinajstić information content (AvgIpc) is 3.35. The van der Waals surface area contributed by atoms with Crippen molar-refractivity contribution in [2.24, 2.45) is 5.73 Å². The topological polar surface area (TPSA) is 127 Å². The van der Waals surface area contributed by atoms with Gasteiger partial charge in [-0.25, -0.2) is 4.79 Å². The summed E-state index contributed by atoms with van der Waals surface area (Å²) in [5.41, 5.74) is 6.08. The number of aromatic nitrogens is 2. The van der Waals surface area contributed by atoms with E-state index in [9.17, 15) is 9.59 Å². The zero-order valence-electron chi connectivity index (χ0n) is 14.2. The lowest BCUT2D eigenvalue weighted by atomic mass is 10.2. The van der Waals surface area contributed by atoms with Crippen molar-refractivity contribution in [2.75, 3.05) is 13.7 Å². The average molecular weight is 389 g/mol. The highest BCUT2D eigenvalue weighted by Crippen LogP contribution is 2.28. The Labute approximate surface area is 157 Å². The SMILES string of the molecule is COc1cc(C(=O)OCc2noc(-c3ccsc3)n2)ccc1OCC(N)=O. The van der Waals surface area contributed by atoms with Crippen molar-refractivity contribution in [2.45, 2.75) is 6.61 Å². The molecule has 2 heterocycles. The number of amides is 1. The molecule has 2 aromatic heterocycles. The molecule has 9 nitrogen and oxygen atoms in total. The van der Waals surface area contributed by atoms with E-state index in [2.05, 4.69) is 10.1 Å². The number of esters is 1. The zero-order chi connectivity index (χ0) is 19.2. The molecule has 3 aromatic rings. The molecule has 1 aromatic carbocycles. The molecule has 0 atom stereocenters. The smallest absolute Gasteiger partial charge is 0.338 e. The first kappa shape index (κ1) is 18.4. The van der Waals surface area contributed by atoms with Gasteiger partial charge in [0.15, 0.2) is 24.7 Å². The van der Waals surface area contributed by atoms with Crippen LogP contribution in [0.2, 0.25) is 0 Å². The molecule has 0 aliphatic heterocycles. The number of nitrogens with two attached hydrogens (primary N) is 1. The Bertz CT molecular complexity index is 938. The van der Waals surface area contributed by atoms with Crippen molar-refractivity contribution in [3.8, 4) is 23.0 Å². The number of thiophene rings is 1. The predicted octanol–water partition coefficient (Wildman–Crippen LogP) is 2.03. The number of methoxy groups -OCH3 is 1. The molecule has 2 N–H and O–H groups in total. The minimum absolute atomic E-state index is 0.144. The molecule has 10 heteroatoms. The van der Waals surface area contributed by atoms with Gasteiger partial charge in [-0.15, -0.1) is 0 Å². The quantitative estimate of drug-likeness (QED) is 0.580. The zero-order valence-corrected chi connectivity index (χ0v) is 15.0. The minimum atomic E-state index is -0.623. The van der Waals surface area contributed by atoms with Crippen LogP contribution in [0.3, 0.4) is 0 Å². The van der Waals surface area contributed by atoms with Gasteiger partial charge in [0.05, 0.1) is 18.2 Å². The third-order valence-electron chi connectivity index (χ3n) is 3.34. The van der Waals surface area contributed by atoms with Gasteiger partial charge in [-0.1, -0.05) is 5.16 Å². The molecule has 0 aliphatic rings. The lowest BCUT2D eigenvalue weighted by Gasteiger charge is -2.10. The van der Waals surface area contributed by atoms with E-state index >= 15 is 0 Å². The van der Waals surface area contributed by atoms with Crippen molar-refractivity contribution in [3.63, 3.8) is 0 Å². The highest BCUT2D eigenvalue weighted by Gasteiger charge is 2.15. The van der Waals surface area contributed by atoms with Crippen LogP contribution in [0.1, 0.15) is 16.2 Å². The second-order valence-electron chi connectivity index (χ2n) is 5.22. The molecule has 140 valence electrons. The molecular formula is C17H15N3O6S. The Morgan fingerprint density at radius 3 is 2.81 bits per heavy atom. The van der Waals surface area contributed by atoms with Crippen LogP contribution >= 0.6 is 11.3 Å². The van der Waals surface area contributed by atoms with Crippen molar-refractivity contribution in [1.82, 2.24) is 10.1 Å². The summed E-state index contributed by atoms with van der Waals surface area (Å²) in [4.78, 5) is 27.2. The van der Waals surface area contributed by atoms with Crippen LogP contribution in [0, 0.1) is 0 Å².